The van der Waals surface area contributed by atoms with Gasteiger partial charge in [-0.1, -0.05) is 11.8 Å². The highest BCUT2D eigenvalue weighted by Gasteiger charge is 2.33. The zero-order valence-corrected chi connectivity index (χ0v) is 13.3. The maximum Gasteiger partial charge on any atom is 0.416 e. The molecular weight excluding hydrogens is 325 g/mol. The van der Waals surface area contributed by atoms with Crippen LogP contribution in [0.1, 0.15) is 22.4 Å². The maximum atomic E-state index is 13.1. The van der Waals surface area contributed by atoms with Gasteiger partial charge < -0.3 is 0 Å². The fourth-order valence-corrected chi connectivity index (χ4v) is 3.02. The molecule has 122 valence electrons. The van der Waals surface area contributed by atoms with Crippen LogP contribution in [0.2, 0.25) is 0 Å². The number of pyridine rings is 1. The molecule has 3 rings (SSSR count). The first-order valence-electron chi connectivity index (χ1n) is 7.08. The van der Waals surface area contributed by atoms with Crippen LogP contribution in [0.5, 0.6) is 0 Å². The molecule has 23 heavy (non-hydrogen) atoms. The van der Waals surface area contributed by atoms with Crippen LogP contribution in [0.4, 0.5) is 13.2 Å². The lowest BCUT2D eigenvalue weighted by Gasteiger charge is -2.28. The van der Waals surface area contributed by atoms with Crippen LogP contribution in [0.3, 0.4) is 0 Å². The van der Waals surface area contributed by atoms with Gasteiger partial charge in [0.2, 0.25) is 0 Å². The largest absolute Gasteiger partial charge is 0.416 e. The first-order chi connectivity index (χ1) is 11.0. The lowest BCUT2D eigenvalue weighted by molar-refractivity contribution is -0.138. The summed E-state index contributed by atoms with van der Waals surface area (Å²) in [6, 6.07) is 1.03. The van der Waals surface area contributed by atoms with Gasteiger partial charge in [0.25, 0.3) is 0 Å². The minimum absolute atomic E-state index is 0.199. The highest BCUT2D eigenvalue weighted by atomic mass is 32.2. The van der Waals surface area contributed by atoms with E-state index in [1.165, 1.54) is 24.2 Å². The van der Waals surface area contributed by atoms with E-state index >= 15 is 0 Å². The summed E-state index contributed by atoms with van der Waals surface area (Å²) in [4.78, 5) is 14.5. The molecule has 0 saturated carbocycles. The van der Waals surface area contributed by atoms with Crippen molar-refractivity contribution < 1.29 is 13.2 Å². The van der Waals surface area contributed by atoms with E-state index in [0.717, 1.165) is 22.5 Å². The van der Waals surface area contributed by atoms with E-state index in [2.05, 4.69) is 15.0 Å². The molecule has 3 heterocycles. The Kier molecular flexibility index (Phi) is 4.54. The summed E-state index contributed by atoms with van der Waals surface area (Å²) in [7, 11) is 0. The molecule has 0 unspecified atom stereocenters. The third-order valence-corrected chi connectivity index (χ3v) is 4.34. The number of hydrogen-bond acceptors (Lipinski definition) is 5. The molecule has 0 bridgehead atoms. The Balaban J connectivity index is 1.78. The van der Waals surface area contributed by atoms with E-state index < -0.39 is 11.7 Å². The van der Waals surface area contributed by atoms with E-state index in [0.29, 0.717) is 19.5 Å². The fraction of sp³-hybridized carbons (Fsp3) is 0.400. The van der Waals surface area contributed by atoms with Gasteiger partial charge >= 0.3 is 6.18 Å². The van der Waals surface area contributed by atoms with Crippen molar-refractivity contribution in [1.82, 2.24) is 19.9 Å². The highest BCUT2D eigenvalue weighted by Crippen LogP contribution is 2.32. The molecule has 8 heteroatoms. The Bertz CT molecular complexity index is 705. The number of hydrogen-bond donors (Lipinski definition) is 0. The molecule has 0 atom stereocenters. The normalized spacial score (nSPS) is 15.5. The van der Waals surface area contributed by atoms with Crippen molar-refractivity contribution in [2.24, 2.45) is 0 Å². The summed E-state index contributed by atoms with van der Waals surface area (Å²) in [5.41, 5.74) is 1.55. The van der Waals surface area contributed by atoms with Crippen LogP contribution >= 0.6 is 11.8 Å². The molecule has 0 fully saturated rings. The van der Waals surface area contributed by atoms with Crippen LogP contribution < -0.4 is 0 Å². The quantitative estimate of drug-likeness (QED) is 0.634. The Morgan fingerprint density at radius 2 is 2.13 bits per heavy atom. The fourth-order valence-electron chi connectivity index (χ4n) is 2.66. The molecule has 0 aliphatic carbocycles. The second-order valence-corrected chi connectivity index (χ2v) is 6.09. The summed E-state index contributed by atoms with van der Waals surface area (Å²) in [5, 5.41) is 0.726. The van der Waals surface area contributed by atoms with E-state index in [4.69, 9.17) is 0 Å². The lowest BCUT2D eigenvalue weighted by atomic mass is 10.1. The van der Waals surface area contributed by atoms with Crippen LogP contribution in [0, 0.1) is 0 Å². The molecule has 0 spiro atoms. The third kappa shape index (κ3) is 3.64. The standard InChI is InChI=1S/C15H15F3N4S/c1-23-14-20-7-11-9-22(5-3-13(11)21-14)8-10-6-19-4-2-12(10)15(16,17)18/h2,4,6-7H,3,5,8-9H2,1H3. The van der Waals surface area contributed by atoms with Crippen molar-refractivity contribution in [2.75, 3.05) is 12.8 Å². The average Bonchev–Trinajstić information content (AvgIpc) is 2.54. The van der Waals surface area contributed by atoms with Crippen molar-refractivity contribution in [3.8, 4) is 0 Å². The van der Waals surface area contributed by atoms with Crippen LogP contribution in [-0.2, 0) is 25.7 Å². The van der Waals surface area contributed by atoms with Gasteiger partial charge in [-0.15, -0.1) is 0 Å². The summed E-state index contributed by atoms with van der Waals surface area (Å²) in [6.45, 7) is 1.44. The number of halogens is 3. The van der Waals surface area contributed by atoms with Gasteiger partial charge in [-0.2, -0.15) is 13.2 Å². The number of alkyl halides is 3. The zero-order chi connectivity index (χ0) is 16.4. The molecule has 2 aromatic heterocycles. The average molecular weight is 340 g/mol. The summed E-state index contributed by atoms with van der Waals surface area (Å²) >= 11 is 1.48. The Labute approximate surface area is 136 Å². The molecule has 1 aliphatic rings. The first kappa shape index (κ1) is 16.2. The number of fused-ring (bicyclic) bond motifs is 1. The number of rotatable bonds is 3. The number of thioether (sulfide) groups is 1. The minimum atomic E-state index is -4.36. The predicted molar refractivity (Wildman–Crippen MR) is 80.9 cm³/mol. The van der Waals surface area contributed by atoms with Crippen molar-refractivity contribution in [3.63, 3.8) is 0 Å². The summed E-state index contributed by atoms with van der Waals surface area (Å²) < 4.78 is 39.2. The van der Waals surface area contributed by atoms with Gasteiger partial charge in [-0.05, 0) is 17.9 Å². The molecule has 0 saturated heterocycles. The molecule has 0 amide bonds. The van der Waals surface area contributed by atoms with E-state index in [1.54, 1.807) is 6.20 Å². The van der Waals surface area contributed by atoms with Gasteiger partial charge in [0.1, 0.15) is 0 Å². The number of nitrogens with zero attached hydrogens (tertiary/aromatic N) is 4. The molecule has 2 aromatic rings. The smallest absolute Gasteiger partial charge is 0.294 e. The second-order valence-electron chi connectivity index (χ2n) is 5.32. The second kappa shape index (κ2) is 6.45. The summed E-state index contributed by atoms with van der Waals surface area (Å²) in [6.07, 6.45) is 2.52. The van der Waals surface area contributed by atoms with Crippen LogP contribution in [-0.4, -0.2) is 32.7 Å². The van der Waals surface area contributed by atoms with E-state index in [1.807, 2.05) is 11.2 Å². The van der Waals surface area contributed by atoms with Gasteiger partial charge in [-0.25, -0.2) is 9.97 Å². The third-order valence-electron chi connectivity index (χ3n) is 3.78. The summed E-state index contributed by atoms with van der Waals surface area (Å²) in [5.74, 6) is 0. The molecule has 0 aromatic carbocycles. The SMILES string of the molecule is CSc1ncc2c(n1)CCN(Cc1cnccc1C(F)(F)F)C2. The van der Waals surface area contributed by atoms with E-state index in [-0.39, 0.29) is 12.1 Å². The van der Waals surface area contributed by atoms with Gasteiger partial charge in [0.05, 0.1) is 11.3 Å². The van der Waals surface area contributed by atoms with Crippen molar-refractivity contribution in [3.05, 3.63) is 47.0 Å². The predicted octanol–water partition coefficient (Wildman–Crippen LogP) is 3.17. The van der Waals surface area contributed by atoms with Gasteiger partial charge in [0.15, 0.2) is 5.16 Å². The topological polar surface area (TPSA) is 41.9 Å². The van der Waals surface area contributed by atoms with Crippen molar-refractivity contribution in [1.29, 1.82) is 0 Å². The van der Waals surface area contributed by atoms with E-state index in [9.17, 15) is 13.2 Å². The number of aromatic nitrogens is 3. The molecule has 0 radical (unpaired) electrons. The Morgan fingerprint density at radius 1 is 1.30 bits per heavy atom. The first-order valence-corrected chi connectivity index (χ1v) is 8.31. The van der Waals surface area contributed by atoms with Gasteiger partial charge in [0, 0.05) is 50.2 Å². The lowest BCUT2D eigenvalue weighted by Crippen LogP contribution is -2.31. The Morgan fingerprint density at radius 3 is 2.87 bits per heavy atom. The van der Waals surface area contributed by atoms with Crippen molar-refractivity contribution in [2.45, 2.75) is 30.8 Å². The molecule has 1 aliphatic heterocycles. The van der Waals surface area contributed by atoms with Crippen LogP contribution in [0.25, 0.3) is 0 Å². The minimum Gasteiger partial charge on any atom is -0.294 e. The Hall–Kier alpha value is -1.67. The zero-order valence-electron chi connectivity index (χ0n) is 12.5. The van der Waals surface area contributed by atoms with Crippen molar-refractivity contribution >= 4 is 11.8 Å². The maximum absolute atomic E-state index is 13.1. The monoisotopic (exact) mass is 340 g/mol. The molecule has 4 nitrogen and oxygen atoms in total. The molecule has 0 N–H and O–H groups in total. The van der Waals surface area contributed by atoms with Gasteiger partial charge in [-0.3, -0.25) is 9.88 Å². The highest BCUT2D eigenvalue weighted by molar-refractivity contribution is 7.98. The van der Waals surface area contributed by atoms with Crippen LogP contribution in [0.15, 0.2) is 29.8 Å². The molecular formula is C15H15F3N4S.